The van der Waals surface area contributed by atoms with Crippen LogP contribution in [0.15, 0.2) is 60.7 Å². The van der Waals surface area contributed by atoms with Crippen molar-refractivity contribution in [3.8, 4) is 46.3 Å². The van der Waals surface area contributed by atoms with Gasteiger partial charge in [-0.15, -0.1) is 11.8 Å². The van der Waals surface area contributed by atoms with Crippen LogP contribution in [0.2, 0.25) is 0 Å². The molecule has 1 aliphatic heterocycles. The summed E-state index contributed by atoms with van der Waals surface area (Å²) in [6.45, 7) is 4.97. The Labute approximate surface area is 182 Å². The highest BCUT2D eigenvalue weighted by molar-refractivity contribution is 6.10. The van der Waals surface area contributed by atoms with Gasteiger partial charge < -0.3 is 9.47 Å². The van der Waals surface area contributed by atoms with Gasteiger partial charge in [-0.3, -0.25) is 0 Å². The zero-order valence-electron chi connectivity index (χ0n) is 17.7. The number of rotatable bonds is 0. The molecular formula is C29H22O2. The Morgan fingerprint density at radius 2 is 1.10 bits per heavy atom. The molecule has 0 saturated heterocycles. The molecule has 4 aromatic carbocycles. The SMILES string of the molecule is CC#Cc1ccc2c3c(ccc2c1)OCCCOc1ccc2cc(C#CC)ccc2c1-3. The zero-order valence-corrected chi connectivity index (χ0v) is 17.7. The summed E-state index contributed by atoms with van der Waals surface area (Å²) in [5.74, 6) is 14.1. The van der Waals surface area contributed by atoms with Crippen molar-refractivity contribution in [2.75, 3.05) is 13.2 Å². The second-order valence-corrected chi connectivity index (χ2v) is 7.55. The molecule has 1 aliphatic rings. The van der Waals surface area contributed by atoms with E-state index in [1.165, 1.54) is 0 Å². The summed E-state index contributed by atoms with van der Waals surface area (Å²) in [6, 6.07) is 21.1. The fourth-order valence-corrected chi connectivity index (χ4v) is 4.24. The molecule has 0 atom stereocenters. The molecule has 5 rings (SSSR count). The van der Waals surface area contributed by atoms with Crippen LogP contribution >= 0.6 is 0 Å². The minimum absolute atomic E-state index is 0.625. The second kappa shape index (κ2) is 8.10. The number of fused-ring (bicyclic) bond motifs is 7. The first-order valence-electron chi connectivity index (χ1n) is 10.5. The Kier molecular flexibility index (Phi) is 4.99. The van der Waals surface area contributed by atoms with Crippen LogP contribution < -0.4 is 9.47 Å². The smallest absolute Gasteiger partial charge is 0.127 e. The Morgan fingerprint density at radius 3 is 1.55 bits per heavy atom. The quantitative estimate of drug-likeness (QED) is 0.310. The number of benzene rings is 4. The van der Waals surface area contributed by atoms with Crippen molar-refractivity contribution in [2.45, 2.75) is 20.3 Å². The van der Waals surface area contributed by atoms with E-state index in [2.05, 4.69) is 84.3 Å². The fourth-order valence-electron chi connectivity index (χ4n) is 4.24. The van der Waals surface area contributed by atoms with Crippen LogP contribution in [0.4, 0.5) is 0 Å². The fraction of sp³-hybridized carbons (Fsp3) is 0.172. The van der Waals surface area contributed by atoms with Crippen molar-refractivity contribution >= 4 is 21.5 Å². The normalized spacial score (nSPS) is 12.5. The average Bonchev–Trinajstić information content (AvgIpc) is 2.88. The minimum atomic E-state index is 0.625. The van der Waals surface area contributed by atoms with Gasteiger partial charge in [0.05, 0.1) is 13.2 Å². The van der Waals surface area contributed by atoms with Crippen LogP contribution in [0.3, 0.4) is 0 Å². The molecule has 0 radical (unpaired) electrons. The van der Waals surface area contributed by atoms with E-state index >= 15 is 0 Å². The standard InChI is InChI=1S/C29H22O2/c1-3-6-20-8-12-24-22(18-20)10-14-26-28(24)29-25-13-9-21(7-4-2)19-23(25)11-15-27(29)31-17-5-16-30-26/h8-15,18-19H,5,16-17H2,1-2H3. The van der Waals surface area contributed by atoms with E-state index in [4.69, 9.17) is 9.47 Å². The van der Waals surface area contributed by atoms with Crippen LogP contribution in [-0.2, 0) is 0 Å². The van der Waals surface area contributed by atoms with E-state index in [1.54, 1.807) is 0 Å². The molecule has 0 fully saturated rings. The van der Waals surface area contributed by atoms with E-state index in [0.29, 0.717) is 13.2 Å². The van der Waals surface area contributed by atoms with E-state index in [0.717, 1.165) is 61.7 Å². The molecule has 2 heteroatoms. The lowest BCUT2D eigenvalue weighted by molar-refractivity contribution is 0.252. The lowest BCUT2D eigenvalue weighted by Gasteiger charge is -2.18. The van der Waals surface area contributed by atoms with Gasteiger partial charge in [-0.1, -0.05) is 36.1 Å². The van der Waals surface area contributed by atoms with Crippen LogP contribution in [0, 0.1) is 23.7 Å². The third-order valence-corrected chi connectivity index (χ3v) is 5.56. The molecule has 31 heavy (non-hydrogen) atoms. The first kappa shape index (κ1) is 19.1. The molecule has 0 unspecified atom stereocenters. The highest BCUT2D eigenvalue weighted by Gasteiger charge is 2.20. The third kappa shape index (κ3) is 3.48. The van der Waals surface area contributed by atoms with Gasteiger partial charge in [0, 0.05) is 28.7 Å². The summed E-state index contributed by atoms with van der Waals surface area (Å²) < 4.78 is 12.5. The van der Waals surface area contributed by atoms with Crippen molar-refractivity contribution in [3.63, 3.8) is 0 Å². The van der Waals surface area contributed by atoms with Crippen molar-refractivity contribution in [1.29, 1.82) is 0 Å². The van der Waals surface area contributed by atoms with Crippen LogP contribution in [0.25, 0.3) is 32.7 Å². The first-order valence-corrected chi connectivity index (χ1v) is 10.5. The molecule has 2 nitrogen and oxygen atoms in total. The van der Waals surface area contributed by atoms with Gasteiger partial charge in [0.25, 0.3) is 0 Å². The molecule has 1 heterocycles. The molecule has 0 aromatic heterocycles. The molecule has 150 valence electrons. The van der Waals surface area contributed by atoms with Crippen molar-refractivity contribution in [2.24, 2.45) is 0 Å². The molecule has 0 spiro atoms. The second-order valence-electron chi connectivity index (χ2n) is 7.55. The van der Waals surface area contributed by atoms with E-state index in [-0.39, 0.29) is 0 Å². The molecular weight excluding hydrogens is 380 g/mol. The summed E-state index contributed by atoms with van der Waals surface area (Å²) in [6.07, 6.45) is 0.838. The maximum absolute atomic E-state index is 6.23. The summed E-state index contributed by atoms with van der Waals surface area (Å²) in [5.41, 5.74) is 4.17. The van der Waals surface area contributed by atoms with Crippen LogP contribution in [0.1, 0.15) is 31.4 Å². The summed E-state index contributed by atoms with van der Waals surface area (Å²) in [7, 11) is 0. The van der Waals surface area contributed by atoms with Gasteiger partial charge >= 0.3 is 0 Å². The van der Waals surface area contributed by atoms with E-state index in [1.807, 2.05) is 13.8 Å². The molecule has 0 saturated carbocycles. The number of hydrogen-bond donors (Lipinski definition) is 0. The van der Waals surface area contributed by atoms with Crippen LogP contribution in [0.5, 0.6) is 11.5 Å². The lowest BCUT2D eigenvalue weighted by Crippen LogP contribution is -2.03. The third-order valence-electron chi connectivity index (χ3n) is 5.56. The molecule has 0 N–H and O–H groups in total. The largest absolute Gasteiger partial charge is 0.493 e. The average molecular weight is 402 g/mol. The predicted octanol–water partition coefficient (Wildman–Crippen LogP) is 6.56. The predicted molar refractivity (Wildman–Crippen MR) is 128 cm³/mol. The summed E-state index contributed by atoms with van der Waals surface area (Å²) >= 11 is 0. The van der Waals surface area contributed by atoms with Gasteiger partial charge in [0.15, 0.2) is 0 Å². The maximum Gasteiger partial charge on any atom is 0.127 e. The van der Waals surface area contributed by atoms with Crippen molar-refractivity contribution in [1.82, 2.24) is 0 Å². The Hall–Kier alpha value is -3.88. The Morgan fingerprint density at radius 1 is 0.613 bits per heavy atom. The molecule has 0 amide bonds. The first-order chi connectivity index (χ1) is 15.3. The van der Waals surface area contributed by atoms with E-state index < -0.39 is 0 Å². The lowest BCUT2D eigenvalue weighted by atomic mass is 9.91. The number of ether oxygens (including phenoxy) is 2. The van der Waals surface area contributed by atoms with Gasteiger partial charge in [-0.2, -0.15) is 0 Å². The number of hydrogen-bond acceptors (Lipinski definition) is 2. The monoisotopic (exact) mass is 402 g/mol. The van der Waals surface area contributed by atoms with Gasteiger partial charge in [0.1, 0.15) is 11.5 Å². The Balaban J connectivity index is 1.87. The Bertz CT molecular complexity index is 1330. The van der Waals surface area contributed by atoms with E-state index in [9.17, 15) is 0 Å². The minimum Gasteiger partial charge on any atom is -0.493 e. The topological polar surface area (TPSA) is 18.5 Å². The van der Waals surface area contributed by atoms with Gasteiger partial charge in [0.2, 0.25) is 0 Å². The summed E-state index contributed by atoms with van der Waals surface area (Å²) in [4.78, 5) is 0. The zero-order chi connectivity index (χ0) is 21.2. The van der Waals surface area contributed by atoms with Crippen LogP contribution in [-0.4, -0.2) is 13.2 Å². The molecule has 4 aromatic rings. The molecule has 0 bridgehead atoms. The van der Waals surface area contributed by atoms with Crippen molar-refractivity contribution in [3.05, 3.63) is 71.8 Å². The highest BCUT2D eigenvalue weighted by atomic mass is 16.5. The van der Waals surface area contributed by atoms with Gasteiger partial charge in [-0.25, -0.2) is 0 Å². The molecule has 0 aliphatic carbocycles. The van der Waals surface area contributed by atoms with Crippen molar-refractivity contribution < 1.29 is 9.47 Å². The van der Waals surface area contributed by atoms with Gasteiger partial charge in [-0.05, 0) is 71.8 Å². The summed E-state index contributed by atoms with van der Waals surface area (Å²) in [5, 5.41) is 4.54. The maximum atomic E-state index is 6.23. The highest BCUT2D eigenvalue weighted by Crippen LogP contribution is 2.46.